The summed E-state index contributed by atoms with van der Waals surface area (Å²) in [6.45, 7) is 2.25. The van der Waals surface area contributed by atoms with Gasteiger partial charge < -0.3 is 14.9 Å². The van der Waals surface area contributed by atoms with Crippen LogP contribution < -0.4 is 0 Å². The molecule has 2 atom stereocenters. The van der Waals surface area contributed by atoms with Gasteiger partial charge in [0, 0.05) is 39.8 Å². The number of carboxylic acid groups (broad SMARTS) is 1. The van der Waals surface area contributed by atoms with E-state index < -0.39 is 5.97 Å². The molecule has 3 heterocycles. The van der Waals surface area contributed by atoms with Gasteiger partial charge in [-0.3, -0.25) is 14.5 Å². The summed E-state index contributed by atoms with van der Waals surface area (Å²) < 4.78 is 0. The maximum absolute atomic E-state index is 12.7. The number of piperidine rings is 1. The molecule has 1 N–H and O–H groups in total. The molecule has 1 aromatic rings. The zero-order chi connectivity index (χ0) is 18.8. The van der Waals surface area contributed by atoms with E-state index in [2.05, 4.69) is 4.90 Å². The van der Waals surface area contributed by atoms with Crippen molar-refractivity contribution in [1.29, 1.82) is 0 Å². The van der Waals surface area contributed by atoms with E-state index in [1.54, 1.807) is 31.1 Å². The van der Waals surface area contributed by atoms with E-state index in [0.717, 1.165) is 24.9 Å². The molecule has 3 fully saturated rings. The van der Waals surface area contributed by atoms with Crippen LogP contribution >= 0.6 is 0 Å². The second-order valence-electron chi connectivity index (χ2n) is 7.38. The monoisotopic (exact) mass is 359 g/mol. The summed E-state index contributed by atoms with van der Waals surface area (Å²) in [4.78, 5) is 41.3. The van der Waals surface area contributed by atoms with Crippen molar-refractivity contribution in [3.63, 3.8) is 0 Å². The fraction of sp³-hybridized carbons (Fsp3) is 0.526. The van der Waals surface area contributed by atoms with Crippen molar-refractivity contribution in [1.82, 2.24) is 14.7 Å². The molecule has 3 aliphatic heterocycles. The number of hydrogen-bond donors (Lipinski definition) is 1. The third-order valence-corrected chi connectivity index (χ3v) is 5.28. The highest BCUT2D eigenvalue weighted by Gasteiger charge is 2.41. The lowest BCUT2D eigenvalue weighted by Gasteiger charge is -2.36. The Morgan fingerprint density at radius 1 is 1.15 bits per heavy atom. The Bertz CT molecular complexity index is 701. The minimum Gasteiger partial charge on any atom is -0.478 e. The predicted molar refractivity (Wildman–Crippen MR) is 95.6 cm³/mol. The highest BCUT2D eigenvalue weighted by molar-refractivity contribution is 5.87. The number of aromatic carboxylic acids is 1. The van der Waals surface area contributed by atoms with Crippen LogP contribution in [0.2, 0.25) is 0 Å². The molecule has 7 heteroatoms. The van der Waals surface area contributed by atoms with Crippen molar-refractivity contribution in [3.05, 3.63) is 35.4 Å². The predicted octanol–water partition coefficient (Wildman–Crippen LogP) is 0.896. The van der Waals surface area contributed by atoms with Crippen LogP contribution in [0, 0.1) is 5.92 Å². The van der Waals surface area contributed by atoms with Crippen molar-refractivity contribution in [2.45, 2.75) is 25.4 Å². The molecule has 0 spiro atoms. The third kappa shape index (κ3) is 3.88. The third-order valence-electron chi connectivity index (χ3n) is 5.28. The number of rotatable bonds is 5. The van der Waals surface area contributed by atoms with Gasteiger partial charge in [0.05, 0.1) is 11.5 Å². The molecule has 26 heavy (non-hydrogen) atoms. The number of fused-ring (bicyclic) bond motifs is 4. The molecule has 0 radical (unpaired) electrons. The van der Waals surface area contributed by atoms with Crippen molar-refractivity contribution < 1.29 is 19.5 Å². The van der Waals surface area contributed by atoms with E-state index in [9.17, 15) is 14.4 Å². The van der Waals surface area contributed by atoms with Gasteiger partial charge in [-0.25, -0.2) is 4.79 Å². The zero-order valence-corrected chi connectivity index (χ0v) is 15.2. The van der Waals surface area contributed by atoms with Gasteiger partial charge in [0.25, 0.3) is 0 Å². The summed E-state index contributed by atoms with van der Waals surface area (Å²) >= 11 is 0. The Morgan fingerprint density at radius 3 is 2.46 bits per heavy atom. The number of benzene rings is 1. The first-order valence-electron chi connectivity index (χ1n) is 8.90. The molecule has 0 aromatic heterocycles. The lowest BCUT2D eigenvalue weighted by atomic mass is 9.94. The van der Waals surface area contributed by atoms with E-state index >= 15 is 0 Å². The smallest absolute Gasteiger partial charge is 0.335 e. The van der Waals surface area contributed by atoms with Gasteiger partial charge in [0.1, 0.15) is 6.54 Å². The quantitative estimate of drug-likeness (QED) is 0.845. The summed E-state index contributed by atoms with van der Waals surface area (Å²) in [6.07, 6.45) is 1.79. The zero-order valence-electron chi connectivity index (χ0n) is 15.2. The lowest BCUT2D eigenvalue weighted by Crippen LogP contribution is -2.51. The van der Waals surface area contributed by atoms with Crippen LogP contribution in [0.4, 0.5) is 0 Å². The normalized spacial score (nSPS) is 23.0. The SMILES string of the molecule is CN(C)C(=O)CN1C(=O)[C@@H]2CC[C@H]1CN(Cc1ccc(C(=O)O)cc1)C2. The van der Waals surface area contributed by atoms with E-state index in [1.165, 1.54) is 4.90 Å². The van der Waals surface area contributed by atoms with Crippen molar-refractivity contribution in [2.24, 2.45) is 5.92 Å². The molecular weight excluding hydrogens is 334 g/mol. The lowest BCUT2D eigenvalue weighted by molar-refractivity contribution is -0.145. The van der Waals surface area contributed by atoms with E-state index in [-0.39, 0.29) is 35.9 Å². The first-order valence-corrected chi connectivity index (χ1v) is 8.90. The molecule has 2 bridgehead atoms. The van der Waals surface area contributed by atoms with Crippen molar-refractivity contribution in [3.8, 4) is 0 Å². The van der Waals surface area contributed by atoms with Gasteiger partial charge in [0.15, 0.2) is 0 Å². The van der Waals surface area contributed by atoms with Crippen molar-refractivity contribution in [2.75, 3.05) is 33.7 Å². The number of carboxylic acids is 1. The molecule has 3 aliphatic rings. The summed E-state index contributed by atoms with van der Waals surface area (Å²) in [7, 11) is 3.41. The maximum Gasteiger partial charge on any atom is 0.335 e. The second kappa shape index (κ2) is 7.45. The molecule has 4 rings (SSSR count). The Kier molecular flexibility index (Phi) is 5.27. The average molecular weight is 359 g/mol. The number of carbonyl (C=O) groups excluding carboxylic acids is 2. The first kappa shape index (κ1) is 18.4. The van der Waals surface area contributed by atoms with E-state index in [1.807, 2.05) is 12.1 Å². The summed E-state index contributed by atoms with van der Waals surface area (Å²) in [5.74, 6) is -0.972. The first-order chi connectivity index (χ1) is 12.3. The molecular formula is C19H25N3O4. The molecule has 3 saturated heterocycles. The van der Waals surface area contributed by atoms with Gasteiger partial charge in [-0.2, -0.15) is 0 Å². The fourth-order valence-electron chi connectivity index (χ4n) is 3.77. The minimum atomic E-state index is -0.934. The van der Waals surface area contributed by atoms with Crippen LogP contribution in [0.5, 0.6) is 0 Å². The summed E-state index contributed by atoms with van der Waals surface area (Å²) in [6, 6.07) is 6.93. The summed E-state index contributed by atoms with van der Waals surface area (Å²) in [5, 5.41) is 9.00. The van der Waals surface area contributed by atoms with Gasteiger partial charge in [-0.05, 0) is 30.5 Å². The van der Waals surface area contributed by atoms with Gasteiger partial charge in [0.2, 0.25) is 11.8 Å². The van der Waals surface area contributed by atoms with E-state index in [4.69, 9.17) is 5.11 Å². The minimum absolute atomic E-state index is 0.0540. The maximum atomic E-state index is 12.7. The average Bonchev–Trinajstić information content (AvgIpc) is 2.87. The molecule has 1 aromatic carbocycles. The topological polar surface area (TPSA) is 81.2 Å². The Morgan fingerprint density at radius 2 is 1.85 bits per heavy atom. The van der Waals surface area contributed by atoms with Crippen molar-refractivity contribution >= 4 is 17.8 Å². The van der Waals surface area contributed by atoms with Gasteiger partial charge in [-0.1, -0.05) is 12.1 Å². The number of nitrogens with zero attached hydrogens (tertiary/aromatic N) is 3. The molecule has 0 aliphatic carbocycles. The second-order valence-corrected chi connectivity index (χ2v) is 7.38. The van der Waals surface area contributed by atoms with Crippen LogP contribution in [-0.2, 0) is 16.1 Å². The Labute approximate surface area is 153 Å². The molecule has 0 saturated carbocycles. The highest BCUT2D eigenvalue weighted by Crippen LogP contribution is 2.29. The fourth-order valence-corrected chi connectivity index (χ4v) is 3.77. The summed E-state index contributed by atoms with van der Waals surface area (Å²) in [5.41, 5.74) is 1.30. The Balaban J connectivity index is 1.69. The van der Waals surface area contributed by atoms with Crippen LogP contribution in [0.1, 0.15) is 28.8 Å². The number of likely N-dealkylation sites (N-methyl/N-ethyl adjacent to an activating group) is 1. The largest absolute Gasteiger partial charge is 0.478 e. The number of amides is 2. The Hall–Kier alpha value is -2.41. The van der Waals surface area contributed by atoms with Gasteiger partial charge >= 0.3 is 5.97 Å². The van der Waals surface area contributed by atoms with Crippen LogP contribution in [0.3, 0.4) is 0 Å². The van der Waals surface area contributed by atoms with Gasteiger partial charge in [-0.15, -0.1) is 0 Å². The highest BCUT2D eigenvalue weighted by atomic mass is 16.4. The van der Waals surface area contributed by atoms with Crippen LogP contribution in [-0.4, -0.2) is 77.4 Å². The van der Waals surface area contributed by atoms with E-state index in [0.29, 0.717) is 13.1 Å². The standard InChI is InChI=1S/C19H25N3O4/c1-20(2)17(23)12-22-16-8-7-15(18(22)24)10-21(11-16)9-13-3-5-14(6-4-13)19(25)26/h3-6,15-16H,7-12H2,1-2H3,(H,25,26)/t15-,16+/m1/s1. The van der Waals surface area contributed by atoms with Crippen LogP contribution in [0.25, 0.3) is 0 Å². The van der Waals surface area contributed by atoms with Crippen LogP contribution in [0.15, 0.2) is 24.3 Å². The number of carbonyl (C=O) groups is 3. The molecule has 140 valence electrons. The molecule has 7 nitrogen and oxygen atoms in total. The molecule has 0 unspecified atom stereocenters. The molecule has 2 amide bonds. The number of hydrogen-bond acceptors (Lipinski definition) is 4.